The minimum Gasteiger partial charge on any atom is -0.353 e. The summed E-state index contributed by atoms with van der Waals surface area (Å²) in [4.78, 5) is 14.2. The van der Waals surface area contributed by atoms with Gasteiger partial charge in [-0.2, -0.15) is 26.7 Å². The van der Waals surface area contributed by atoms with Crippen LogP contribution in [0.5, 0.6) is 0 Å². The molecule has 1 atom stereocenters. The Balaban J connectivity index is 1.99. The fraction of sp³-hybridized carbons (Fsp3) is 0.700. The lowest BCUT2D eigenvalue weighted by atomic mass is 10.2. The Kier molecular flexibility index (Phi) is 4.28. The Morgan fingerprint density at radius 3 is 2.88 bits per heavy atom. The molecule has 2 heterocycles. The molecule has 0 aliphatic carbocycles. The third-order valence-corrected chi connectivity index (χ3v) is 4.08. The highest BCUT2D eigenvalue weighted by molar-refractivity contribution is 8.00. The number of aromatic nitrogens is 3. The zero-order valence-corrected chi connectivity index (χ0v) is 11.6. The first-order valence-electron chi connectivity index (χ1n) is 5.59. The van der Waals surface area contributed by atoms with Gasteiger partial charge in [0.1, 0.15) is 0 Å². The third-order valence-electron chi connectivity index (χ3n) is 2.51. The van der Waals surface area contributed by atoms with Crippen LogP contribution in [0.25, 0.3) is 0 Å². The van der Waals surface area contributed by atoms with Crippen molar-refractivity contribution in [3.63, 3.8) is 0 Å². The van der Waals surface area contributed by atoms with Gasteiger partial charge in [0, 0.05) is 25.9 Å². The van der Waals surface area contributed by atoms with E-state index in [4.69, 9.17) is 11.6 Å². The van der Waals surface area contributed by atoms with E-state index in [-0.39, 0.29) is 5.28 Å². The van der Waals surface area contributed by atoms with Crippen molar-refractivity contribution in [3.8, 4) is 0 Å². The molecule has 0 bridgehead atoms. The molecule has 2 rings (SSSR count). The van der Waals surface area contributed by atoms with Gasteiger partial charge in [-0.15, -0.1) is 0 Å². The van der Waals surface area contributed by atoms with Crippen LogP contribution in [0.3, 0.4) is 0 Å². The van der Waals surface area contributed by atoms with Crippen molar-refractivity contribution in [2.24, 2.45) is 0 Å². The molecule has 0 amide bonds. The summed E-state index contributed by atoms with van der Waals surface area (Å²) in [5.74, 6) is 2.39. The van der Waals surface area contributed by atoms with E-state index < -0.39 is 0 Å². The fourth-order valence-electron chi connectivity index (χ4n) is 1.63. The van der Waals surface area contributed by atoms with Gasteiger partial charge in [0.25, 0.3) is 0 Å². The number of nitrogens with one attached hydrogen (secondary N) is 1. The van der Waals surface area contributed by atoms with Crippen molar-refractivity contribution in [2.75, 3.05) is 36.6 Å². The molecule has 1 unspecified atom stereocenters. The molecule has 7 heteroatoms. The first-order valence-corrected chi connectivity index (χ1v) is 7.02. The molecule has 0 aromatic carbocycles. The summed E-state index contributed by atoms with van der Waals surface area (Å²) in [6.45, 7) is 0.887. The van der Waals surface area contributed by atoms with Gasteiger partial charge >= 0.3 is 0 Å². The highest BCUT2D eigenvalue weighted by atomic mass is 35.5. The number of hydrogen-bond donors (Lipinski definition) is 1. The topological polar surface area (TPSA) is 53.9 Å². The van der Waals surface area contributed by atoms with Crippen molar-refractivity contribution in [1.82, 2.24) is 15.0 Å². The fourth-order valence-corrected chi connectivity index (χ4v) is 2.99. The van der Waals surface area contributed by atoms with Crippen molar-refractivity contribution in [1.29, 1.82) is 0 Å². The van der Waals surface area contributed by atoms with Crippen LogP contribution in [0, 0.1) is 0 Å². The predicted molar refractivity (Wildman–Crippen MR) is 73.1 cm³/mol. The average Bonchev–Trinajstić information content (AvgIpc) is 2.78. The summed E-state index contributed by atoms with van der Waals surface area (Å²) in [5.41, 5.74) is 0. The molecule has 94 valence electrons. The molecule has 1 aromatic heterocycles. The summed E-state index contributed by atoms with van der Waals surface area (Å²) >= 11 is 7.85. The van der Waals surface area contributed by atoms with Gasteiger partial charge < -0.3 is 10.2 Å². The van der Waals surface area contributed by atoms with Crippen molar-refractivity contribution < 1.29 is 0 Å². The van der Waals surface area contributed by atoms with Crippen LogP contribution < -0.4 is 10.2 Å². The van der Waals surface area contributed by atoms with Crippen LogP contribution in [-0.4, -0.2) is 46.6 Å². The van der Waals surface area contributed by atoms with Crippen LogP contribution in [0.2, 0.25) is 5.28 Å². The first-order chi connectivity index (χ1) is 8.15. The summed E-state index contributed by atoms with van der Waals surface area (Å²) in [7, 11) is 3.75. The maximum Gasteiger partial charge on any atom is 0.230 e. The van der Waals surface area contributed by atoms with E-state index in [0.29, 0.717) is 17.1 Å². The molecule has 17 heavy (non-hydrogen) atoms. The van der Waals surface area contributed by atoms with Crippen LogP contribution in [0.4, 0.5) is 11.9 Å². The van der Waals surface area contributed by atoms with Crippen molar-refractivity contribution in [3.05, 3.63) is 5.28 Å². The average molecular weight is 274 g/mol. The molecule has 1 fully saturated rings. The molecule has 1 saturated heterocycles. The molecule has 0 saturated carbocycles. The van der Waals surface area contributed by atoms with Gasteiger partial charge in [-0.25, -0.2) is 0 Å². The summed E-state index contributed by atoms with van der Waals surface area (Å²) in [6, 6.07) is 0. The third kappa shape index (κ3) is 3.61. The highest BCUT2D eigenvalue weighted by Gasteiger charge is 2.16. The number of halogens is 1. The largest absolute Gasteiger partial charge is 0.353 e. The van der Waals surface area contributed by atoms with E-state index in [2.05, 4.69) is 20.3 Å². The summed E-state index contributed by atoms with van der Waals surface area (Å²) < 4.78 is 0. The second-order valence-corrected chi connectivity index (χ2v) is 5.88. The Labute approximate surface area is 110 Å². The quantitative estimate of drug-likeness (QED) is 0.904. The second-order valence-electron chi connectivity index (χ2n) is 4.14. The number of rotatable bonds is 4. The summed E-state index contributed by atoms with van der Waals surface area (Å²) in [6.07, 6.45) is 2.56. The van der Waals surface area contributed by atoms with E-state index in [0.717, 1.165) is 6.54 Å². The summed E-state index contributed by atoms with van der Waals surface area (Å²) in [5, 5.41) is 4.12. The lowest BCUT2D eigenvalue weighted by Gasteiger charge is -2.13. The highest BCUT2D eigenvalue weighted by Crippen LogP contribution is 2.26. The van der Waals surface area contributed by atoms with E-state index in [1.807, 2.05) is 30.8 Å². The molecule has 5 nitrogen and oxygen atoms in total. The van der Waals surface area contributed by atoms with E-state index in [1.54, 1.807) is 0 Å². The zero-order valence-electron chi connectivity index (χ0n) is 9.98. The Morgan fingerprint density at radius 1 is 1.41 bits per heavy atom. The molecule has 1 aliphatic rings. The minimum atomic E-state index is 0.227. The van der Waals surface area contributed by atoms with E-state index >= 15 is 0 Å². The van der Waals surface area contributed by atoms with Gasteiger partial charge in [-0.3, -0.25) is 0 Å². The van der Waals surface area contributed by atoms with Crippen molar-refractivity contribution in [2.45, 2.75) is 18.1 Å². The van der Waals surface area contributed by atoms with Gasteiger partial charge in [0.15, 0.2) is 0 Å². The van der Waals surface area contributed by atoms with Gasteiger partial charge in [-0.05, 0) is 30.2 Å². The number of nitrogens with zero attached hydrogens (tertiary/aromatic N) is 4. The number of anilines is 2. The molecule has 0 spiro atoms. The first kappa shape index (κ1) is 12.7. The SMILES string of the molecule is CN(C)c1nc(Cl)nc(NCC2CCCS2)n1. The molecular weight excluding hydrogens is 258 g/mol. The standard InChI is InChI=1S/C10H16ClN5S/c1-16(2)10-14-8(11)13-9(15-10)12-6-7-4-3-5-17-7/h7H,3-6H2,1-2H3,(H,12,13,14,15). The van der Waals surface area contributed by atoms with Gasteiger partial charge in [-0.1, -0.05) is 0 Å². The predicted octanol–water partition coefficient (Wildman–Crippen LogP) is 1.90. The lowest BCUT2D eigenvalue weighted by molar-refractivity contribution is 0.798. The molecule has 1 aromatic rings. The van der Waals surface area contributed by atoms with Crippen LogP contribution >= 0.6 is 23.4 Å². The van der Waals surface area contributed by atoms with Crippen LogP contribution in [0.1, 0.15) is 12.8 Å². The Bertz CT molecular complexity index is 381. The molecular formula is C10H16ClN5S. The molecule has 1 N–H and O–H groups in total. The van der Waals surface area contributed by atoms with Crippen LogP contribution in [-0.2, 0) is 0 Å². The van der Waals surface area contributed by atoms with Gasteiger partial charge in [0.2, 0.25) is 17.2 Å². The number of hydrogen-bond acceptors (Lipinski definition) is 6. The Hall–Kier alpha value is -0.750. The second kappa shape index (κ2) is 5.73. The van der Waals surface area contributed by atoms with Crippen LogP contribution in [0.15, 0.2) is 0 Å². The maximum atomic E-state index is 5.86. The zero-order chi connectivity index (χ0) is 12.3. The molecule has 0 radical (unpaired) electrons. The minimum absolute atomic E-state index is 0.227. The van der Waals surface area contributed by atoms with Crippen molar-refractivity contribution >= 4 is 35.3 Å². The normalized spacial score (nSPS) is 19.4. The molecule has 1 aliphatic heterocycles. The monoisotopic (exact) mass is 273 g/mol. The van der Waals surface area contributed by atoms with Gasteiger partial charge in [0.05, 0.1) is 0 Å². The Morgan fingerprint density at radius 2 is 2.24 bits per heavy atom. The van der Waals surface area contributed by atoms with E-state index in [9.17, 15) is 0 Å². The van der Waals surface area contributed by atoms with E-state index in [1.165, 1.54) is 18.6 Å². The maximum absolute atomic E-state index is 5.86. The number of thioether (sulfide) groups is 1. The smallest absolute Gasteiger partial charge is 0.230 e. The lowest BCUT2D eigenvalue weighted by Crippen LogP contribution is -2.18.